The Morgan fingerprint density at radius 3 is 3.07 bits per heavy atom. The third-order valence-electron chi connectivity index (χ3n) is 3.57. The molecular formula is C11H17NO2. The highest BCUT2D eigenvalue weighted by Gasteiger charge is 2.44. The second-order valence-corrected chi connectivity index (χ2v) is 4.54. The molecule has 14 heavy (non-hydrogen) atoms. The summed E-state index contributed by atoms with van der Waals surface area (Å²) >= 11 is 0. The topological polar surface area (TPSA) is 53.2 Å². The van der Waals surface area contributed by atoms with E-state index in [0.29, 0.717) is 31.3 Å². The largest absolute Gasteiger partial charge is 0.365 e. The van der Waals surface area contributed by atoms with Gasteiger partial charge in [0.2, 0.25) is 0 Å². The SMILES string of the molecule is N#CCC1CCC2CCCOC2(O)C1. The lowest BCUT2D eigenvalue weighted by Crippen LogP contribution is -2.48. The molecule has 0 amide bonds. The van der Waals surface area contributed by atoms with E-state index in [9.17, 15) is 5.11 Å². The highest BCUT2D eigenvalue weighted by atomic mass is 16.6. The summed E-state index contributed by atoms with van der Waals surface area (Å²) in [5.74, 6) is -0.261. The van der Waals surface area contributed by atoms with Gasteiger partial charge in [-0.2, -0.15) is 5.26 Å². The number of ether oxygens (including phenoxy) is 1. The summed E-state index contributed by atoms with van der Waals surface area (Å²) in [6.07, 6.45) is 5.45. The van der Waals surface area contributed by atoms with Crippen molar-refractivity contribution < 1.29 is 9.84 Å². The normalized spacial score (nSPS) is 42.6. The van der Waals surface area contributed by atoms with Crippen LogP contribution in [-0.2, 0) is 4.74 Å². The van der Waals surface area contributed by atoms with Crippen LogP contribution in [0.5, 0.6) is 0 Å². The molecule has 3 atom stereocenters. The van der Waals surface area contributed by atoms with E-state index in [4.69, 9.17) is 10.00 Å². The molecule has 0 aromatic carbocycles. The minimum absolute atomic E-state index is 0.311. The van der Waals surface area contributed by atoms with Crippen LogP contribution in [-0.4, -0.2) is 17.5 Å². The lowest BCUT2D eigenvalue weighted by Gasteiger charge is -2.45. The van der Waals surface area contributed by atoms with E-state index < -0.39 is 5.79 Å². The van der Waals surface area contributed by atoms with Crippen molar-refractivity contribution in [3.63, 3.8) is 0 Å². The molecule has 3 heteroatoms. The predicted molar refractivity (Wildman–Crippen MR) is 51.2 cm³/mol. The quantitative estimate of drug-likeness (QED) is 0.694. The lowest BCUT2D eigenvalue weighted by molar-refractivity contribution is -0.277. The second-order valence-electron chi connectivity index (χ2n) is 4.54. The molecule has 2 aliphatic rings. The Kier molecular flexibility index (Phi) is 2.76. The number of hydrogen-bond donors (Lipinski definition) is 1. The van der Waals surface area contributed by atoms with Crippen LogP contribution in [0.2, 0.25) is 0 Å². The number of nitriles is 1. The van der Waals surface area contributed by atoms with E-state index in [1.165, 1.54) is 0 Å². The molecule has 0 spiro atoms. The van der Waals surface area contributed by atoms with Gasteiger partial charge in [0.05, 0.1) is 12.7 Å². The van der Waals surface area contributed by atoms with Gasteiger partial charge in [-0.25, -0.2) is 0 Å². The van der Waals surface area contributed by atoms with Gasteiger partial charge in [-0.3, -0.25) is 0 Å². The summed E-state index contributed by atoms with van der Waals surface area (Å²) in [6.45, 7) is 0.673. The zero-order chi connectivity index (χ0) is 10.0. The Balaban J connectivity index is 2.01. The fourth-order valence-electron chi connectivity index (χ4n) is 2.77. The maximum Gasteiger partial charge on any atom is 0.168 e. The third kappa shape index (κ3) is 1.77. The number of hydrogen-bond acceptors (Lipinski definition) is 3. The molecular weight excluding hydrogens is 178 g/mol. The Bertz CT molecular complexity index is 248. The van der Waals surface area contributed by atoms with E-state index in [2.05, 4.69) is 6.07 Å². The van der Waals surface area contributed by atoms with E-state index >= 15 is 0 Å². The van der Waals surface area contributed by atoms with Gasteiger partial charge in [0.25, 0.3) is 0 Å². The van der Waals surface area contributed by atoms with Crippen LogP contribution < -0.4 is 0 Å². The maximum absolute atomic E-state index is 10.3. The number of aliphatic hydroxyl groups is 1. The van der Waals surface area contributed by atoms with Gasteiger partial charge in [0.15, 0.2) is 5.79 Å². The Hall–Kier alpha value is -0.590. The van der Waals surface area contributed by atoms with Gasteiger partial charge in [0.1, 0.15) is 0 Å². The van der Waals surface area contributed by atoms with Crippen LogP contribution in [0.3, 0.4) is 0 Å². The van der Waals surface area contributed by atoms with Crippen LogP contribution in [0.1, 0.15) is 38.5 Å². The van der Waals surface area contributed by atoms with Crippen LogP contribution in [0.4, 0.5) is 0 Å². The standard InChI is InChI=1S/C11H17NO2/c12-6-5-9-3-4-10-2-1-7-14-11(10,13)8-9/h9-10,13H,1-5,7-8H2. The predicted octanol–water partition coefficient (Wildman–Crippen LogP) is 1.82. The molecule has 2 fully saturated rings. The van der Waals surface area contributed by atoms with Crippen LogP contribution in [0.25, 0.3) is 0 Å². The molecule has 1 heterocycles. The molecule has 3 unspecified atom stereocenters. The number of rotatable bonds is 1. The zero-order valence-corrected chi connectivity index (χ0v) is 8.41. The average Bonchev–Trinajstić information content (AvgIpc) is 2.17. The molecule has 1 aliphatic carbocycles. The molecule has 1 saturated carbocycles. The van der Waals surface area contributed by atoms with Crippen molar-refractivity contribution in [1.29, 1.82) is 5.26 Å². The summed E-state index contributed by atoms with van der Waals surface area (Å²) in [4.78, 5) is 0. The molecule has 0 bridgehead atoms. The third-order valence-corrected chi connectivity index (χ3v) is 3.57. The minimum atomic E-state index is -0.905. The first-order chi connectivity index (χ1) is 6.74. The van der Waals surface area contributed by atoms with Crippen molar-refractivity contribution in [1.82, 2.24) is 0 Å². The first-order valence-corrected chi connectivity index (χ1v) is 5.48. The Morgan fingerprint density at radius 2 is 2.29 bits per heavy atom. The fraction of sp³-hybridized carbons (Fsp3) is 0.909. The van der Waals surface area contributed by atoms with Crippen LogP contribution in [0, 0.1) is 23.2 Å². The molecule has 0 aromatic heterocycles. The summed E-state index contributed by atoms with van der Waals surface area (Å²) in [5, 5.41) is 18.9. The highest BCUT2D eigenvalue weighted by Crippen LogP contribution is 2.43. The van der Waals surface area contributed by atoms with Crippen molar-refractivity contribution in [3.8, 4) is 6.07 Å². The van der Waals surface area contributed by atoms with E-state index in [-0.39, 0.29) is 0 Å². The molecule has 1 aliphatic heterocycles. The molecule has 3 nitrogen and oxygen atoms in total. The highest BCUT2D eigenvalue weighted by molar-refractivity contribution is 4.91. The molecule has 78 valence electrons. The maximum atomic E-state index is 10.3. The van der Waals surface area contributed by atoms with Gasteiger partial charge in [-0.1, -0.05) is 0 Å². The molecule has 1 saturated heterocycles. The number of nitrogens with zero attached hydrogens (tertiary/aromatic N) is 1. The van der Waals surface area contributed by atoms with Gasteiger partial charge in [-0.15, -0.1) is 0 Å². The van der Waals surface area contributed by atoms with Crippen molar-refractivity contribution in [2.45, 2.75) is 44.3 Å². The monoisotopic (exact) mass is 195 g/mol. The van der Waals surface area contributed by atoms with Gasteiger partial charge >= 0.3 is 0 Å². The van der Waals surface area contributed by atoms with Crippen LogP contribution in [0.15, 0.2) is 0 Å². The van der Waals surface area contributed by atoms with Crippen LogP contribution >= 0.6 is 0 Å². The molecule has 0 radical (unpaired) electrons. The first-order valence-electron chi connectivity index (χ1n) is 5.48. The zero-order valence-electron chi connectivity index (χ0n) is 8.41. The molecule has 0 aromatic rings. The van der Waals surface area contributed by atoms with E-state index in [1.807, 2.05) is 0 Å². The summed E-state index contributed by atoms with van der Waals surface area (Å²) < 4.78 is 5.49. The summed E-state index contributed by atoms with van der Waals surface area (Å²) in [5.41, 5.74) is 0. The van der Waals surface area contributed by atoms with E-state index in [1.54, 1.807) is 0 Å². The van der Waals surface area contributed by atoms with Crippen molar-refractivity contribution in [2.75, 3.05) is 6.61 Å². The summed E-state index contributed by atoms with van der Waals surface area (Å²) in [6, 6.07) is 2.18. The van der Waals surface area contributed by atoms with E-state index in [0.717, 1.165) is 25.7 Å². The lowest BCUT2D eigenvalue weighted by atomic mass is 9.73. The Morgan fingerprint density at radius 1 is 1.43 bits per heavy atom. The van der Waals surface area contributed by atoms with Crippen molar-refractivity contribution >= 4 is 0 Å². The second kappa shape index (κ2) is 3.88. The molecule has 2 rings (SSSR count). The first kappa shape index (κ1) is 9.95. The molecule has 1 N–H and O–H groups in total. The minimum Gasteiger partial charge on any atom is -0.365 e. The Labute approximate surface area is 84.7 Å². The van der Waals surface area contributed by atoms with Crippen molar-refractivity contribution in [2.24, 2.45) is 11.8 Å². The van der Waals surface area contributed by atoms with Gasteiger partial charge < -0.3 is 9.84 Å². The summed E-state index contributed by atoms with van der Waals surface area (Å²) in [7, 11) is 0. The van der Waals surface area contributed by atoms with Gasteiger partial charge in [0, 0.05) is 18.8 Å². The fourth-order valence-corrected chi connectivity index (χ4v) is 2.77. The van der Waals surface area contributed by atoms with Gasteiger partial charge in [-0.05, 0) is 31.6 Å². The smallest absolute Gasteiger partial charge is 0.168 e. The number of fused-ring (bicyclic) bond motifs is 1. The average molecular weight is 195 g/mol. The van der Waals surface area contributed by atoms with Crippen molar-refractivity contribution in [3.05, 3.63) is 0 Å².